The van der Waals surface area contributed by atoms with Gasteiger partial charge in [0, 0.05) is 0 Å². The van der Waals surface area contributed by atoms with Crippen molar-refractivity contribution >= 4 is 17.7 Å². The lowest BCUT2D eigenvalue weighted by atomic mass is 10.2. The number of hydrogen-bond acceptors (Lipinski definition) is 5. The zero-order valence-corrected chi connectivity index (χ0v) is 9.52. The third-order valence-electron chi connectivity index (χ3n) is 1.78. The SMILES string of the molecule is CSCC[C@H](N)C(=O)OCCCCN. The van der Waals surface area contributed by atoms with E-state index in [0.29, 0.717) is 19.6 Å². The maximum atomic E-state index is 11.2. The van der Waals surface area contributed by atoms with E-state index in [1.807, 2.05) is 6.26 Å². The van der Waals surface area contributed by atoms with E-state index in [1.165, 1.54) is 0 Å². The predicted octanol–water partition coefficient (Wildman–Crippen LogP) is 0.349. The number of nitrogens with two attached hydrogens (primary N) is 2. The fourth-order valence-electron chi connectivity index (χ4n) is 0.889. The van der Waals surface area contributed by atoms with Crippen LogP contribution < -0.4 is 11.5 Å². The number of ether oxygens (including phenoxy) is 1. The Morgan fingerprint density at radius 2 is 2.21 bits per heavy atom. The van der Waals surface area contributed by atoms with Gasteiger partial charge in [-0.2, -0.15) is 11.8 Å². The molecule has 0 spiro atoms. The molecule has 14 heavy (non-hydrogen) atoms. The van der Waals surface area contributed by atoms with Crippen molar-refractivity contribution in [3.8, 4) is 0 Å². The van der Waals surface area contributed by atoms with Crippen LogP contribution in [0.1, 0.15) is 19.3 Å². The van der Waals surface area contributed by atoms with E-state index >= 15 is 0 Å². The summed E-state index contributed by atoms with van der Waals surface area (Å²) < 4.78 is 4.97. The molecular formula is C9H20N2O2S. The fourth-order valence-corrected chi connectivity index (χ4v) is 1.38. The van der Waals surface area contributed by atoms with Crippen molar-refractivity contribution in [3.63, 3.8) is 0 Å². The molecule has 1 atom stereocenters. The molecule has 0 aliphatic carbocycles. The van der Waals surface area contributed by atoms with Gasteiger partial charge in [0.2, 0.25) is 0 Å². The summed E-state index contributed by atoms with van der Waals surface area (Å²) in [5.74, 6) is 0.593. The van der Waals surface area contributed by atoms with Gasteiger partial charge in [-0.25, -0.2) is 0 Å². The minimum atomic E-state index is -0.472. The highest BCUT2D eigenvalue weighted by atomic mass is 32.2. The first kappa shape index (κ1) is 13.7. The van der Waals surface area contributed by atoms with Crippen molar-refractivity contribution in [2.24, 2.45) is 11.5 Å². The summed E-state index contributed by atoms with van der Waals surface area (Å²) in [4.78, 5) is 11.2. The molecule has 0 fully saturated rings. The lowest BCUT2D eigenvalue weighted by molar-refractivity contribution is -0.145. The van der Waals surface area contributed by atoms with E-state index in [0.717, 1.165) is 18.6 Å². The largest absolute Gasteiger partial charge is 0.465 e. The van der Waals surface area contributed by atoms with Crippen LogP contribution >= 0.6 is 11.8 Å². The second-order valence-electron chi connectivity index (χ2n) is 3.05. The Morgan fingerprint density at radius 1 is 1.50 bits per heavy atom. The standard InChI is InChI=1S/C9H20N2O2S/c1-14-7-4-8(11)9(12)13-6-3-2-5-10/h8H,2-7,10-11H2,1H3/t8-/m0/s1. The topological polar surface area (TPSA) is 78.3 Å². The molecule has 0 rings (SSSR count). The molecule has 0 aromatic carbocycles. The summed E-state index contributed by atoms with van der Waals surface area (Å²) in [6.07, 6.45) is 4.36. The van der Waals surface area contributed by atoms with Crippen LogP contribution in [0.2, 0.25) is 0 Å². The van der Waals surface area contributed by atoms with Crippen molar-refractivity contribution in [1.29, 1.82) is 0 Å². The number of thioether (sulfide) groups is 1. The van der Waals surface area contributed by atoms with Gasteiger partial charge in [-0.3, -0.25) is 4.79 Å². The van der Waals surface area contributed by atoms with Gasteiger partial charge < -0.3 is 16.2 Å². The van der Waals surface area contributed by atoms with Gasteiger partial charge in [0.15, 0.2) is 0 Å². The van der Waals surface area contributed by atoms with Gasteiger partial charge in [-0.05, 0) is 37.8 Å². The molecule has 84 valence electrons. The van der Waals surface area contributed by atoms with Gasteiger partial charge in [-0.15, -0.1) is 0 Å². The lowest BCUT2D eigenvalue weighted by Gasteiger charge is -2.10. The number of esters is 1. The molecule has 0 radical (unpaired) electrons. The predicted molar refractivity (Wildman–Crippen MR) is 60.2 cm³/mol. The monoisotopic (exact) mass is 220 g/mol. The first-order valence-corrected chi connectivity index (χ1v) is 6.23. The highest BCUT2D eigenvalue weighted by Crippen LogP contribution is 2.00. The fraction of sp³-hybridized carbons (Fsp3) is 0.889. The number of carbonyl (C=O) groups excluding carboxylic acids is 1. The molecule has 0 saturated carbocycles. The highest BCUT2D eigenvalue weighted by molar-refractivity contribution is 7.98. The van der Waals surface area contributed by atoms with Crippen molar-refractivity contribution in [2.45, 2.75) is 25.3 Å². The van der Waals surface area contributed by atoms with E-state index in [1.54, 1.807) is 11.8 Å². The van der Waals surface area contributed by atoms with Gasteiger partial charge in [0.05, 0.1) is 6.61 Å². The third-order valence-corrected chi connectivity index (χ3v) is 2.42. The Kier molecular flexibility index (Phi) is 9.13. The number of unbranched alkanes of at least 4 members (excludes halogenated alkanes) is 1. The highest BCUT2D eigenvalue weighted by Gasteiger charge is 2.13. The normalized spacial score (nSPS) is 12.5. The molecule has 0 aliphatic heterocycles. The Hall–Kier alpha value is -0.260. The Labute approximate surface area is 89.7 Å². The van der Waals surface area contributed by atoms with E-state index < -0.39 is 6.04 Å². The Bertz CT molecular complexity index is 156. The first-order chi connectivity index (χ1) is 6.72. The lowest BCUT2D eigenvalue weighted by Crippen LogP contribution is -2.33. The second kappa shape index (κ2) is 9.30. The molecule has 4 nitrogen and oxygen atoms in total. The van der Waals surface area contributed by atoms with E-state index in [-0.39, 0.29) is 5.97 Å². The van der Waals surface area contributed by atoms with Crippen LogP contribution in [0.5, 0.6) is 0 Å². The number of rotatable bonds is 8. The molecule has 0 unspecified atom stereocenters. The van der Waals surface area contributed by atoms with Crippen LogP contribution in [0.15, 0.2) is 0 Å². The minimum Gasteiger partial charge on any atom is -0.465 e. The van der Waals surface area contributed by atoms with Gasteiger partial charge in [-0.1, -0.05) is 0 Å². The summed E-state index contributed by atoms with van der Waals surface area (Å²) in [5, 5.41) is 0. The summed E-state index contributed by atoms with van der Waals surface area (Å²) >= 11 is 1.68. The number of hydrogen-bond donors (Lipinski definition) is 2. The van der Waals surface area contributed by atoms with Gasteiger partial charge in [0.1, 0.15) is 6.04 Å². The maximum Gasteiger partial charge on any atom is 0.322 e. The van der Waals surface area contributed by atoms with Gasteiger partial charge in [0.25, 0.3) is 0 Å². The molecule has 5 heteroatoms. The summed E-state index contributed by atoms with van der Waals surface area (Å²) in [6.45, 7) is 1.07. The van der Waals surface area contributed by atoms with Crippen LogP contribution in [0.4, 0.5) is 0 Å². The molecular weight excluding hydrogens is 200 g/mol. The Morgan fingerprint density at radius 3 is 2.79 bits per heavy atom. The second-order valence-corrected chi connectivity index (χ2v) is 4.04. The summed E-state index contributed by atoms with van der Waals surface area (Å²) in [6, 6.07) is -0.472. The van der Waals surface area contributed by atoms with E-state index in [9.17, 15) is 4.79 Å². The van der Waals surface area contributed by atoms with Crippen LogP contribution in [0, 0.1) is 0 Å². The van der Waals surface area contributed by atoms with E-state index in [4.69, 9.17) is 16.2 Å². The first-order valence-electron chi connectivity index (χ1n) is 4.83. The molecule has 0 aromatic heterocycles. The average molecular weight is 220 g/mol. The van der Waals surface area contributed by atoms with E-state index in [2.05, 4.69) is 0 Å². The number of carbonyl (C=O) groups is 1. The molecule has 0 aromatic rings. The summed E-state index contributed by atoms with van der Waals surface area (Å²) in [5.41, 5.74) is 10.9. The van der Waals surface area contributed by atoms with Crippen molar-refractivity contribution in [3.05, 3.63) is 0 Å². The van der Waals surface area contributed by atoms with Crippen molar-refractivity contribution in [2.75, 3.05) is 25.2 Å². The van der Waals surface area contributed by atoms with Crippen LogP contribution in [0.3, 0.4) is 0 Å². The van der Waals surface area contributed by atoms with Crippen LogP contribution in [0.25, 0.3) is 0 Å². The Balaban J connectivity index is 3.42. The molecule has 0 saturated heterocycles. The quantitative estimate of drug-likeness (QED) is 0.456. The maximum absolute atomic E-state index is 11.2. The van der Waals surface area contributed by atoms with Crippen molar-refractivity contribution < 1.29 is 9.53 Å². The smallest absolute Gasteiger partial charge is 0.322 e. The average Bonchev–Trinajstić information content (AvgIpc) is 2.20. The molecule has 0 amide bonds. The minimum absolute atomic E-state index is 0.295. The van der Waals surface area contributed by atoms with Crippen LogP contribution in [-0.2, 0) is 9.53 Å². The third kappa shape index (κ3) is 7.17. The summed E-state index contributed by atoms with van der Waals surface area (Å²) in [7, 11) is 0. The van der Waals surface area contributed by atoms with Crippen LogP contribution in [-0.4, -0.2) is 37.2 Å². The molecule has 0 bridgehead atoms. The molecule has 0 aliphatic rings. The van der Waals surface area contributed by atoms with Gasteiger partial charge >= 0.3 is 5.97 Å². The molecule has 0 heterocycles. The van der Waals surface area contributed by atoms with Crippen molar-refractivity contribution in [1.82, 2.24) is 0 Å². The zero-order chi connectivity index (χ0) is 10.8. The zero-order valence-electron chi connectivity index (χ0n) is 8.70. The molecule has 4 N–H and O–H groups in total.